The van der Waals surface area contributed by atoms with Crippen molar-refractivity contribution in [3.05, 3.63) is 64.7 Å². The summed E-state index contributed by atoms with van der Waals surface area (Å²) >= 11 is 0. The van der Waals surface area contributed by atoms with Gasteiger partial charge in [-0.05, 0) is 42.7 Å². The molecule has 21 heavy (non-hydrogen) atoms. The molecule has 0 saturated heterocycles. The summed E-state index contributed by atoms with van der Waals surface area (Å²) in [5, 5.41) is 3.35. The molecule has 0 bridgehead atoms. The molecule has 0 radical (unpaired) electrons. The average Bonchev–Trinajstić information content (AvgIpc) is 2.42. The first-order chi connectivity index (χ1) is 10.0. The van der Waals surface area contributed by atoms with Crippen LogP contribution < -0.4 is 10.1 Å². The van der Waals surface area contributed by atoms with Gasteiger partial charge in [-0.1, -0.05) is 35.9 Å². The van der Waals surface area contributed by atoms with Gasteiger partial charge in [-0.2, -0.15) is 8.78 Å². The minimum absolute atomic E-state index is 0.183. The van der Waals surface area contributed by atoms with E-state index in [4.69, 9.17) is 0 Å². The third kappa shape index (κ3) is 4.83. The van der Waals surface area contributed by atoms with Crippen molar-refractivity contribution in [2.75, 3.05) is 0 Å². The highest BCUT2D eigenvalue weighted by molar-refractivity contribution is 5.30. The number of halogens is 2. The third-order valence-electron chi connectivity index (χ3n) is 3.29. The monoisotopic (exact) mass is 291 g/mol. The molecule has 0 aliphatic heterocycles. The molecule has 2 aromatic rings. The first-order valence-corrected chi connectivity index (χ1v) is 6.85. The highest BCUT2D eigenvalue weighted by Crippen LogP contribution is 2.15. The molecule has 2 aromatic carbocycles. The van der Waals surface area contributed by atoms with Gasteiger partial charge in [0.15, 0.2) is 0 Å². The lowest BCUT2D eigenvalue weighted by atomic mass is 10.1. The van der Waals surface area contributed by atoms with Gasteiger partial charge < -0.3 is 10.1 Å². The predicted octanol–water partition coefficient (Wildman–Crippen LogP) is 4.19. The standard InChI is InChI=1S/C17H19F2NO/c1-12-3-6-15(13(2)9-12)11-20-10-14-4-7-16(8-5-14)21-17(18)19/h3-9,17,20H,10-11H2,1-2H3. The summed E-state index contributed by atoms with van der Waals surface area (Å²) in [5.74, 6) is 0.183. The van der Waals surface area contributed by atoms with E-state index in [-0.39, 0.29) is 5.75 Å². The zero-order valence-corrected chi connectivity index (χ0v) is 12.2. The first kappa shape index (κ1) is 15.4. The van der Waals surface area contributed by atoms with Crippen molar-refractivity contribution in [1.29, 1.82) is 0 Å². The number of hydrogen-bond donors (Lipinski definition) is 1. The maximum absolute atomic E-state index is 12.0. The van der Waals surface area contributed by atoms with E-state index in [0.717, 1.165) is 12.1 Å². The number of aryl methyl sites for hydroxylation is 2. The van der Waals surface area contributed by atoms with E-state index >= 15 is 0 Å². The summed E-state index contributed by atoms with van der Waals surface area (Å²) in [4.78, 5) is 0. The molecule has 0 amide bonds. The van der Waals surface area contributed by atoms with Gasteiger partial charge in [0.05, 0.1) is 0 Å². The van der Waals surface area contributed by atoms with Gasteiger partial charge in [0.1, 0.15) is 5.75 Å². The molecule has 0 atom stereocenters. The Morgan fingerprint density at radius 1 is 1.00 bits per heavy atom. The number of hydrogen-bond acceptors (Lipinski definition) is 2. The van der Waals surface area contributed by atoms with E-state index in [1.165, 1.54) is 16.7 Å². The summed E-state index contributed by atoms with van der Waals surface area (Å²) in [5.41, 5.74) is 4.81. The first-order valence-electron chi connectivity index (χ1n) is 6.85. The van der Waals surface area contributed by atoms with E-state index in [0.29, 0.717) is 6.54 Å². The maximum Gasteiger partial charge on any atom is 0.387 e. The average molecular weight is 291 g/mol. The lowest BCUT2D eigenvalue weighted by Gasteiger charge is -2.09. The lowest BCUT2D eigenvalue weighted by molar-refractivity contribution is -0.0498. The highest BCUT2D eigenvalue weighted by Gasteiger charge is 2.04. The number of nitrogens with one attached hydrogen (secondary N) is 1. The normalized spacial score (nSPS) is 10.9. The highest BCUT2D eigenvalue weighted by atomic mass is 19.3. The Morgan fingerprint density at radius 3 is 2.33 bits per heavy atom. The minimum Gasteiger partial charge on any atom is -0.435 e. The summed E-state index contributed by atoms with van der Waals surface area (Å²) in [6.07, 6.45) is 0. The summed E-state index contributed by atoms with van der Waals surface area (Å²) in [6.45, 7) is 2.86. The molecular formula is C17H19F2NO. The van der Waals surface area contributed by atoms with Crippen molar-refractivity contribution >= 4 is 0 Å². The van der Waals surface area contributed by atoms with Crippen LogP contribution in [0.3, 0.4) is 0 Å². The van der Waals surface area contributed by atoms with Crippen molar-refractivity contribution in [2.45, 2.75) is 33.5 Å². The van der Waals surface area contributed by atoms with Gasteiger partial charge in [-0.25, -0.2) is 0 Å². The van der Waals surface area contributed by atoms with Crippen molar-refractivity contribution in [1.82, 2.24) is 5.32 Å². The fourth-order valence-corrected chi connectivity index (χ4v) is 2.17. The molecular weight excluding hydrogens is 272 g/mol. The van der Waals surface area contributed by atoms with Crippen LogP contribution in [0, 0.1) is 13.8 Å². The van der Waals surface area contributed by atoms with Crippen LogP contribution in [0.15, 0.2) is 42.5 Å². The van der Waals surface area contributed by atoms with Gasteiger partial charge >= 0.3 is 6.61 Å². The van der Waals surface area contributed by atoms with Crippen molar-refractivity contribution < 1.29 is 13.5 Å². The fourth-order valence-electron chi connectivity index (χ4n) is 2.17. The zero-order chi connectivity index (χ0) is 15.2. The second kappa shape index (κ2) is 7.18. The van der Waals surface area contributed by atoms with Crippen LogP contribution in [-0.2, 0) is 13.1 Å². The van der Waals surface area contributed by atoms with Crippen LogP contribution in [-0.4, -0.2) is 6.61 Å². The smallest absolute Gasteiger partial charge is 0.387 e. The fraction of sp³-hybridized carbons (Fsp3) is 0.294. The summed E-state index contributed by atoms with van der Waals surface area (Å²) in [7, 11) is 0. The van der Waals surface area contributed by atoms with Crippen LogP contribution in [0.5, 0.6) is 5.75 Å². The van der Waals surface area contributed by atoms with Gasteiger partial charge in [0.2, 0.25) is 0 Å². The SMILES string of the molecule is Cc1ccc(CNCc2ccc(OC(F)F)cc2)c(C)c1. The summed E-state index contributed by atoms with van der Waals surface area (Å²) < 4.78 is 28.4. The molecule has 0 fully saturated rings. The molecule has 2 nitrogen and oxygen atoms in total. The van der Waals surface area contributed by atoms with Crippen molar-refractivity contribution in [2.24, 2.45) is 0 Å². The van der Waals surface area contributed by atoms with E-state index < -0.39 is 6.61 Å². The quantitative estimate of drug-likeness (QED) is 0.861. The van der Waals surface area contributed by atoms with Gasteiger partial charge in [-0.15, -0.1) is 0 Å². The predicted molar refractivity (Wildman–Crippen MR) is 79.5 cm³/mol. The maximum atomic E-state index is 12.0. The van der Waals surface area contributed by atoms with Crippen LogP contribution >= 0.6 is 0 Å². The number of rotatable bonds is 6. The molecule has 0 unspecified atom stereocenters. The second-order valence-electron chi connectivity index (χ2n) is 5.06. The molecule has 0 aliphatic rings. The second-order valence-corrected chi connectivity index (χ2v) is 5.06. The minimum atomic E-state index is -2.78. The Balaban J connectivity index is 1.85. The van der Waals surface area contributed by atoms with Crippen LogP contribution in [0.2, 0.25) is 0 Å². The third-order valence-corrected chi connectivity index (χ3v) is 3.29. The van der Waals surface area contributed by atoms with E-state index in [2.05, 4.69) is 42.1 Å². The largest absolute Gasteiger partial charge is 0.435 e. The van der Waals surface area contributed by atoms with E-state index in [1.54, 1.807) is 24.3 Å². The number of alkyl halides is 2. The summed E-state index contributed by atoms with van der Waals surface area (Å²) in [6, 6.07) is 13.1. The van der Waals surface area contributed by atoms with Gasteiger partial charge in [0, 0.05) is 13.1 Å². The molecule has 0 aromatic heterocycles. The Hall–Kier alpha value is -1.94. The molecule has 0 saturated carbocycles. The van der Waals surface area contributed by atoms with Crippen LogP contribution in [0.25, 0.3) is 0 Å². The van der Waals surface area contributed by atoms with Crippen LogP contribution in [0.1, 0.15) is 22.3 Å². The Kier molecular flexibility index (Phi) is 5.28. The molecule has 2 rings (SSSR count). The molecule has 1 N–H and O–H groups in total. The molecule has 112 valence electrons. The topological polar surface area (TPSA) is 21.3 Å². The Bertz CT molecular complexity index is 582. The van der Waals surface area contributed by atoms with Crippen molar-refractivity contribution in [3.63, 3.8) is 0 Å². The molecule has 4 heteroatoms. The molecule has 0 aliphatic carbocycles. The molecule has 0 heterocycles. The van der Waals surface area contributed by atoms with Gasteiger partial charge in [-0.3, -0.25) is 0 Å². The zero-order valence-electron chi connectivity index (χ0n) is 12.2. The number of benzene rings is 2. The Morgan fingerprint density at radius 2 is 1.71 bits per heavy atom. The van der Waals surface area contributed by atoms with Gasteiger partial charge in [0.25, 0.3) is 0 Å². The lowest BCUT2D eigenvalue weighted by Crippen LogP contribution is -2.13. The van der Waals surface area contributed by atoms with Crippen LogP contribution in [0.4, 0.5) is 8.78 Å². The van der Waals surface area contributed by atoms with E-state index in [1.807, 2.05) is 0 Å². The number of ether oxygens (including phenoxy) is 1. The van der Waals surface area contributed by atoms with E-state index in [9.17, 15) is 8.78 Å². The van der Waals surface area contributed by atoms with Crippen molar-refractivity contribution in [3.8, 4) is 5.75 Å². The Labute approximate surface area is 123 Å². The molecule has 0 spiro atoms.